The standard InChI is InChI=1S/C12H20N8/c1-3-7-19(8-4-2)11-15-10(18-13)16-12(17-11)20-9-5-6-14-20/h5-6,9H,3-4,7-8,13H2,1-2H3,(H,15,16,17,18). The summed E-state index contributed by atoms with van der Waals surface area (Å²) in [5, 5.41) is 4.13. The number of anilines is 2. The summed E-state index contributed by atoms with van der Waals surface area (Å²) in [5.74, 6) is 6.83. The van der Waals surface area contributed by atoms with Crippen LogP contribution >= 0.6 is 0 Å². The minimum Gasteiger partial charge on any atom is -0.341 e. The second kappa shape index (κ2) is 6.80. The lowest BCUT2D eigenvalue weighted by Crippen LogP contribution is -2.28. The summed E-state index contributed by atoms with van der Waals surface area (Å²) in [4.78, 5) is 15.1. The molecule has 2 rings (SSSR count). The third-order valence-electron chi connectivity index (χ3n) is 2.72. The highest BCUT2D eigenvalue weighted by Crippen LogP contribution is 2.13. The van der Waals surface area contributed by atoms with E-state index >= 15 is 0 Å². The molecule has 0 aliphatic heterocycles. The minimum absolute atomic E-state index is 0.331. The molecule has 0 fully saturated rings. The van der Waals surface area contributed by atoms with Crippen molar-refractivity contribution in [2.24, 2.45) is 5.84 Å². The molecule has 3 N–H and O–H groups in total. The molecule has 0 aliphatic rings. The van der Waals surface area contributed by atoms with Gasteiger partial charge in [-0.25, -0.2) is 10.5 Å². The number of nitrogens with two attached hydrogens (primary N) is 1. The van der Waals surface area contributed by atoms with Crippen molar-refractivity contribution in [3.8, 4) is 5.95 Å². The third kappa shape index (κ3) is 3.21. The molecule has 0 spiro atoms. The van der Waals surface area contributed by atoms with Gasteiger partial charge in [0.05, 0.1) is 0 Å². The van der Waals surface area contributed by atoms with E-state index in [2.05, 4.69) is 44.2 Å². The number of nitrogen functional groups attached to an aromatic ring is 1. The second-order valence-electron chi connectivity index (χ2n) is 4.34. The Labute approximate surface area is 118 Å². The number of hydrazine groups is 1. The summed E-state index contributed by atoms with van der Waals surface area (Å²) in [6, 6.07) is 1.81. The number of nitrogens with zero attached hydrogens (tertiary/aromatic N) is 6. The van der Waals surface area contributed by atoms with E-state index in [0.717, 1.165) is 25.9 Å². The molecule has 0 bridgehead atoms. The SMILES string of the molecule is CCCN(CCC)c1nc(NN)nc(-n2cccn2)n1. The van der Waals surface area contributed by atoms with Crippen LogP contribution in [0.4, 0.5) is 11.9 Å². The van der Waals surface area contributed by atoms with Gasteiger partial charge in [0, 0.05) is 25.5 Å². The van der Waals surface area contributed by atoms with Gasteiger partial charge in [-0.1, -0.05) is 13.8 Å². The highest BCUT2D eigenvalue weighted by molar-refractivity contribution is 5.39. The van der Waals surface area contributed by atoms with Crippen molar-refractivity contribution in [2.75, 3.05) is 23.4 Å². The van der Waals surface area contributed by atoms with Crippen LogP contribution in [0.25, 0.3) is 5.95 Å². The Bertz CT molecular complexity index is 518. The number of rotatable bonds is 7. The molecule has 108 valence electrons. The molecule has 0 amide bonds. The summed E-state index contributed by atoms with van der Waals surface area (Å²) in [5.41, 5.74) is 2.48. The molecule has 2 aromatic rings. The van der Waals surface area contributed by atoms with Crippen LogP contribution in [0.1, 0.15) is 26.7 Å². The summed E-state index contributed by atoms with van der Waals surface area (Å²) < 4.78 is 1.59. The Kier molecular flexibility index (Phi) is 4.83. The monoisotopic (exact) mass is 276 g/mol. The van der Waals surface area contributed by atoms with E-state index in [4.69, 9.17) is 5.84 Å². The quantitative estimate of drug-likeness (QED) is 0.574. The first-order valence-corrected chi connectivity index (χ1v) is 6.76. The molecule has 0 aliphatic carbocycles. The largest absolute Gasteiger partial charge is 0.341 e. The van der Waals surface area contributed by atoms with Gasteiger partial charge in [0.1, 0.15) is 0 Å². The van der Waals surface area contributed by atoms with E-state index in [0.29, 0.717) is 17.8 Å². The molecule has 2 heterocycles. The predicted molar refractivity (Wildman–Crippen MR) is 77.6 cm³/mol. The first-order chi connectivity index (χ1) is 9.78. The lowest BCUT2D eigenvalue weighted by atomic mass is 10.4. The first-order valence-electron chi connectivity index (χ1n) is 6.76. The molecule has 0 atom stereocenters. The van der Waals surface area contributed by atoms with Gasteiger partial charge in [0.25, 0.3) is 5.95 Å². The van der Waals surface area contributed by atoms with Crippen molar-refractivity contribution in [3.05, 3.63) is 18.5 Å². The van der Waals surface area contributed by atoms with E-state index < -0.39 is 0 Å². The lowest BCUT2D eigenvalue weighted by molar-refractivity contribution is 0.706. The zero-order chi connectivity index (χ0) is 14.4. The Hall–Kier alpha value is -2.22. The van der Waals surface area contributed by atoms with E-state index in [1.165, 1.54) is 0 Å². The third-order valence-corrected chi connectivity index (χ3v) is 2.72. The lowest BCUT2D eigenvalue weighted by Gasteiger charge is -2.21. The van der Waals surface area contributed by atoms with Gasteiger partial charge < -0.3 is 4.90 Å². The number of nitrogens with one attached hydrogen (secondary N) is 1. The van der Waals surface area contributed by atoms with Crippen LogP contribution < -0.4 is 16.2 Å². The molecule has 0 unspecified atom stereocenters. The maximum absolute atomic E-state index is 5.44. The highest BCUT2D eigenvalue weighted by Gasteiger charge is 2.13. The van der Waals surface area contributed by atoms with Gasteiger partial charge in [-0.2, -0.15) is 20.1 Å². The van der Waals surface area contributed by atoms with E-state index in [1.807, 2.05) is 6.07 Å². The maximum atomic E-state index is 5.44. The minimum atomic E-state index is 0.331. The van der Waals surface area contributed by atoms with Gasteiger partial charge >= 0.3 is 0 Å². The summed E-state index contributed by atoms with van der Waals surface area (Å²) in [7, 11) is 0. The molecular formula is C12H20N8. The van der Waals surface area contributed by atoms with Crippen molar-refractivity contribution in [1.29, 1.82) is 0 Å². The van der Waals surface area contributed by atoms with Gasteiger partial charge in [0.2, 0.25) is 11.9 Å². The molecule has 8 nitrogen and oxygen atoms in total. The Balaban J connectivity index is 2.38. The first kappa shape index (κ1) is 14.2. The molecular weight excluding hydrogens is 256 g/mol. The summed E-state index contributed by atoms with van der Waals surface area (Å²) >= 11 is 0. The Morgan fingerprint density at radius 3 is 2.50 bits per heavy atom. The average Bonchev–Trinajstić information content (AvgIpc) is 3.01. The van der Waals surface area contributed by atoms with E-state index in [1.54, 1.807) is 17.1 Å². The normalized spacial score (nSPS) is 10.6. The summed E-state index contributed by atoms with van der Waals surface area (Å²) in [6.45, 7) is 6.03. The van der Waals surface area contributed by atoms with Crippen molar-refractivity contribution < 1.29 is 0 Å². The van der Waals surface area contributed by atoms with Crippen molar-refractivity contribution >= 4 is 11.9 Å². The molecule has 0 saturated carbocycles. The smallest absolute Gasteiger partial charge is 0.257 e. The fourth-order valence-electron chi connectivity index (χ4n) is 1.90. The van der Waals surface area contributed by atoms with Crippen molar-refractivity contribution in [1.82, 2.24) is 24.7 Å². The number of aromatic nitrogens is 5. The molecule has 0 radical (unpaired) electrons. The van der Waals surface area contributed by atoms with Crippen LogP contribution in [-0.4, -0.2) is 37.8 Å². The van der Waals surface area contributed by atoms with Crippen LogP contribution in [0.15, 0.2) is 18.5 Å². The highest BCUT2D eigenvalue weighted by atomic mass is 15.4. The molecule has 0 aromatic carbocycles. The van der Waals surface area contributed by atoms with Gasteiger partial charge in [-0.05, 0) is 18.9 Å². The van der Waals surface area contributed by atoms with Gasteiger partial charge in [0.15, 0.2) is 0 Å². The molecule has 2 aromatic heterocycles. The second-order valence-corrected chi connectivity index (χ2v) is 4.34. The maximum Gasteiger partial charge on any atom is 0.257 e. The van der Waals surface area contributed by atoms with Gasteiger partial charge in [-0.15, -0.1) is 0 Å². The number of hydrogen-bond acceptors (Lipinski definition) is 7. The van der Waals surface area contributed by atoms with Crippen LogP contribution in [0.5, 0.6) is 0 Å². The molecule has 8 heteroatoms. The predicted octanol–water partition coefficient (Wildman–Crippen LogP) is 0.969. The Morgan fingerprint density at radius 1 is 1.20 bits per heavy atom. The van der Waals surface area contributed by atoms with Crippen LogP contribution in [0, 0.1) is 0 Å². The van der Waals surface area contributed by atoms with E-state index in [-0.39, 0.29) is 0 Å². The average molecular weight is 276 g/mol. The number of hydrogen-bond donors (Lipinski definition) is 2. The molecule has 20 heavy (non-hydrogen) atoms. The van der Waals surface area contributed by atoms with Crippen LogP contribution in [-0.2, 0) is 0 Å². The van der Waals surface area contributed by atoms with Gasteiger partial charge in [-0.3, -0.25) is 5.43 Å². The fraction of sp³-hybridized carbons (Fsp3) is 0.500. The van der Waals surface area contributed by atoms with Crippen LogP contribution in [0.3, 0.4) is 0 Å². The topological polar surface area (TPSA) is 97.8 Å². The van der Waals surface area contributed by atoms with Crippen molar-refractivity contribution in [3.63, 3.8) is 0 Å². The van der Waals surface area contributed by atoms with Crippen LogP contribution in [0.2, 0.25) is 0 Å². The van der Waals surface area contributed by atoms with Crippen molar-refractivity contribution in [2.45, 2.75) is 26.7 Å². The summed E-state index contributed by atoms with van der Waals surface area (Å²) in [6.07, 6.45) is 5.50. The zero-order valence-corrected chi connectivity index (χ0v) is 11.8. The molecule has 0 saturated heterocycles. The zero-order valence-electron chi connectivity index (χ0n) is 11.8. The fourth-order valence-corrected chi connectivity index (χ4v) is 1.90. The van der Waals surface area contributed by atoms with E-state index in [9.17, 15) is 0 Å². The Morgan fingerprint density at radius 2 is 1.95 bits per heavy atom.